The van der Waals surface area contributed by atoms with Gasteiger partial charge in [-0.15, -0.1) is 0 Å². The number of carbonyl (C=O) groups is 1. The first-order chi connectivity index (χ1) is 11.2. The molecule has 5 heteroatoms. The lowest BCUT2D eigenvalue weighted by Crippen LogP contribution is -2.24. The summed E-state index contributed by atoms with van der Waals surface area (Å²) in [6.07, 6.45) is 1.46. The molecule has 1 heterocycles. The highest BCUT2D eigenvalue weighted by Gasteiger charge is 2.13. The van der Waals surface area contributed by atoms with Gasteiger partial charge in [0.2, 0.25) is 0 Å². The van der Waals surface area contributed by atoms with Crippen LogP contribution >= 0.6 is 0 Å². The van der Waals surface area contributed by atoms with Gasteiger partial charge in [0.1, 0.15) is 5.82 Å². The fraction of sp³-hybridized carbons (Fsp3) is 0.0556. The second-order valence-electron chi connectivity index (χ2n) is 5.03. The zero-order valence-corrected chi connectivity index (χ0v) is 12.4. The van der Waals surface area contributed by atoms with Gasteiger partial charge in [-0.1, -0.05) is 60.7 Å². The molecule has 1 aromatic heterocycles. The van der Waals surface area contributed by atoms with E-state index in [1.807, 2.05) is 60.7 Å². The van der Waals surface area contributed by atoms with Crippen LogP contribution in [0.2, 0.25) is 0 Å². The summed E-state index contributed by atoms with van der Waals surface area (Å²) >= 11 is 0. The molecule has 0 fully saturated rings. The first-order valence-corrected chi connectivity index (χ1v) is 7.24. The zero-order valence-electron chi connectivity index (χ0n) is 12.4. The summed E-state index contributed by atoms with van der Waals surface area (Å²) in [7, 11) is 0. The second kappa shape index (κ2) is 6.70. The lowest BCUT2D eigenvalue weighted by molar-refractivity contribution is 0.0951. The van der Waals surface area contributed by atoms with Gasteiger partial charge in [0.15, 0.2) is 5.82 Å². The zero-order chi connectivity index (χ0) is 16.1. The van der Waals surface area contributed by atoms with E-state index < -0.39 is 0 Å². The van der Waals surface area contributed by atoms with Gasteiger partial charge >= 0.3 is 0 Å². The number of nitrogens with one attached hydrogen (secondary N) is 1. The molecule has 3 N–H and O–H groups in total. The predicted octanol–water partition coefficient (Wildman–Crippen LogP) is 2.66. The Morgan fingerprint density at radius 1 is 1.00 bits per heavy atom. The Morgan fingerprint density at radius 3 is 2.30 bits per heavy atom. The molecule has 3 rings (SSSR count). The van der Waals surface area contributed by atoms with E-state index in [-0.39, 0.29) is 17.3 Å². The van der Waals surface area contributed by atoms with Crippen molar-refractivity contribution in [3.8, 4) is 11.4 Å². The lowest BCUT2D eigenvalue weighted by Gasteiger charge is -2.08. The molecule has 0 aliphatic rings. The van der Waals surface area contributed by atoms with Gasteiger partial charge in [0.05, 0.1) is 5.56 Å². The molecule has 0 aliphatic heterocycles. The highest BCUT2D eigenvalue weighted by Crippen LogP contribution is 2.17. The molecule has 0 unspecified atom stereocenters. The smallest absolute Gasteiger partial charge is 0.256 e. The molecule has 0 aliphatic carbocycles. The Balaban J connectivity index is 1.74. The second-order valence-corrected chi connectivity index (χ2v) is 5.03. The average Bonchev–Trinajstić information content (AvgIpc) is 2.61. The van der Waals surface area contributed by atoms with Gasteiger partial charge < -0.3 is 11.1 Å². The quantitative estimate of drug-likeness (QED) is 0.776. The number of rotatable bonds is 4. The monoisotopic (exact) mass is 304 g/mol. The Kier molecular flexibility index (Phi) is 4.29. The minimum Gasteiger partial charge on any atom is -0.383 e. The van der Waals surface area contributed by atoms with Crippen LogP contribution in [-0.4, -0.2) is 15.9 Å². The minimum absolute atomic E-state index is 0.171. The van der Waals surface area contributed by atoms with Crippen molar-refractivity contribution >= 4 is 11.7 Å². The van der Waals surface area contributed by atoms with Crippen molar-refractivity contribution in [3.05, 3.63) is 78.0 Å². The number of hydrogen-bond donors (Lipinski definition) is 2. The maximum atomic E-state index is 12.2. The topological polar surface area (TPSA) is 80.9 Å². The van der Waals surface area contributed by atoms with Crippen LogP contribution in [0.3, 0.4) is 0 Å². The van der Waals surface area contributed by atoms with Crippen molar-refractivity contribution in [2.24, 2.45) is 0 Å². The molecule has 0 saturated heterocycles. The number of carbonyl (C=O) groups excluding carboxylic acids is 1. The molecule has 0 bridgehead atoms. The Hall–Kier alpha value is -3.21. The minimum atomic E-state index is -0.286. The largest absolute Gasteiger partial charge is 0.383 e. The van der Waals surface area contributed by atoms with E-state index in [4.69, 9.17) is 5.73 Å². The van der Waals surface area contributed by atoms with Crippen molar-refractivity contribution in [2.45, 2.75) is 6.54 Å². The molecule has 0 spiro atoms. The van der Waals surface area contributed by atoms with E-state index in [2.05, 4.69) is 15.3 Å². The summed E-state index contributed by atoms with van der Waals surface area (Å²) in [5.41, 5.74) is 8.07. The van der Waals surface area contributed by atoms with E-state index in [1.165, 1.54) is 6.20 Å². The maximum absolute atomic E-state index is 12.2. The number of nitrogens with zero attached hydrogens (tertiary/aromatic N) is 2. The molecule has 0 radical (unpaired) electrons. The summed E-state index contributed by atoms with van der Waals surface area (Å²) in [5.74, 6) is 0.387. The number of anilines is 1. The highest BCUT2D eigenvalue weighted by molar-refractivity contribution is 5.98. The van der Waals surface area contributed by atoms with Crippen molar-refractivity contribution < 1.29 is 4.79 Å². The molecular formula is C18H16N4O. The third-order valence-electron chi connectivity index (χ3n) is 3.39. The van der Waals surface area contributed by atoms with Crippen LogP contribution in [0.4, 0.5) is 5.82 Å². The SMILES string of the molecule is Nc1nc(-c2ccccc2)ncc1C(=O)NCc1ccccc1. The number of aromatic nitrogens is 2. The number of hydrogen-bond acceptors (Lipinski definition) is 4. The van der Waals surface area contributed by atoms with E-state index in [1.54, 1.807) is 0 Å². The average molecular weight is 304 g/mol. The van der Waals surface area contributed by atoms with Gasteiger partial charge in [-0.3, -0.25) is 4.79 Å². The summed E-state index contributed by atoms with van der Waals surface area (Å²) in [6.45, 7) is 0.430. The Labute approximate surface area is 134 Å². The van der Waals surface area contributed by atoms with Gasteiger partial charge in [-0.05, 0) is 5.56 Å². The predicted molar refractivity (Wildman–Crippen MR) is 89.5 cm³/mol. The maximum Gasteiger partial charge on any atom is 0.256 e. The fourth-order valence-corrected chi connectivity index (χ4v) is 2.17. The van der Waals surface area contributed by atoms with Crippen molar-refractivity contribution in [1.29, 1.82) is 0 Å². The molecule has 0 saturated carbocycles. The summed E-state index contributed by atoms with van der Waals surface area (Å²) in [5, 5.41) is 2.82. The fourth-order valence-electron chi connectivity index (χ4n) is 2.17. The lowest BCUT2D eigenvalue weighted by atomic mass is 10.2. The molecule has 1 amide bonds. The molecular weight excluding hydrogens is 288 g/mol. The van der Waals surface area contributed by atoms with Crippen LogP contribution in [0.15, 0.2) is 66.9 Å². The van der Waals surface area contributed by atoms with E-state index >= 15 is 0 Å². The normalized spacial score (nSPS) is 10.3. The first-order valence-electron chi connectivity index (χ1n) is 7.24. The van der Waals surface area contributed by atoms with Gasteiger partial charge in [-0.25, -0.2) is 9.97 Å². The van der Waals surface area contributed by atoms with Crippen LogP contribution in [0, 0.1) is 0 Å². The van der Waals surface area contributed by atoms with Gasteiger partial charge in [-0.2, -0.15) is 0 Å². The molecule has 23 heavy (non-hydrogen) atoms. The summed E-state index contributed by atoms with van der Waals surface area (Å²) in [4.78, 5) is 20.7. The third-order valence-corrected chi connectivity index (χ3v) is 3.39. The van der Waals surface area contributed by atoms with Crippen molar-refractivity contribution in [3.63, 3.8) is 0 Å². The standard InChI is InChI=1S/C18H16N4O/c19-16-15(18(23)21-11-13-7-3-1-4-8-13)12-20-17(22-16)14-9-5-2-6-10-14/h1-10,12H,11H2,(H,21,23)(H2,19,20,22). The summed E-state index contributed by atoms with van der Waals surface area (Å²) in [6, 6.07) is 19.2. The van der Waals surface area contributed by atoms with Crippen LogP contribution in [0.25, 0.3) is 11.4 Å². The number of nitrogen functional groups attached to an aromatic ring is 1. The Bertz CT molecular complexity index is 804. The van der Waals surface area contributed by atoms with Gasteiger partial charge in [0.25, 0.3) is 5.91 Å². The van der Waals surface area contributed by atoms with E-state index in [0.29, 0.717) is 12.4 Å². The van der Waals surface area contributed by atoms with Crippen LogP contribution in [0.5, 0.6) is 0 Å². The van der Waals surface area contributed by atoms with Crippen molar-refractivity contribution in [1.82, 2.24) is 15.3 Å². The first kappa shape index (κ1) is 14.7. The van der Waals surface area contributed by atoms with Gasteiger partial charge in [0, 0.05) is 18.3 Å². The van der Waals surface area contributed by atoms with Crippen LogP contribution in [-0.2, 0) is 6.54 Å². The molecule has 2 aromatic carbocycles. The Morgan fingerprint density at radius 2 is 1.65 bits per heavy atom. The highest BCUT2D eigenvalue weighted by atomic mass is 16.1. The molecule has 0 atom stereocenters. The molecule has 3 aromatic rings. The number of amides is 1. The van der Waals surface area contributed by atoms with Crippen LogP contribution < -0.4 is 11.1 Å². The number of nitrogens with two attached hydrogens (primary N) is 1. The number of benzene rings is 2. The molecule has 5 nitrogen and oxygen atoms in total. The summed E-state index contributed by atoms with van der Waals surface area (Å²) < 4.78 is 0. The van der Waals surface area contributed by atoms with Crippen molar-refractivity contribution in [2.75, 3.05) is 5.73 Å². The third kappa shape index (κ3) is 3.52. The van der Waals surface area contributed by atoms with E-state index in [9.17, 15) is 4.79 Å². The van der Waals surface area contributed by atoms with Crippen LogP contribution in [0.1, 0.15) is 15.9 Å². The van der Waals surface area contributed by atoms with E-state index in [0.717, 1.165) is 11.1 Å². The molecule has 114 valence electrons.